The summed E-state index contributed by atoms with van der Waals surface area (Å²) in [6.45, 7) is 4.07. The highest BCUT2D eigenvalue weighted by atomic mass is 32.2. The van der Waals surface area contributed by atoms with Crippen molar-refractivity contribution in [1.29, 1.82) is 0 Å². The van der Waals surface area contributed by atoms with Crippen molar-refractivity contribution in [2.45, 2.75) is 24.8 Å². The Morgan fingerprint density at radius 3 is 2.74 bits per heavy atom. The fourth-order valence-electron chi connectivity index (χ4n) is 2.86. The van der Waals surface area contributed by atoms with Gasteiger partial charge in [0.15, 0.2) is 5.16 Å². The Morgan fingerprint density at radius 2 is 1.96 bits per heavy atom. The summed E-state index contributed by atoms with van der Waals surface area (Å²) >= 11 is 2.84. The summed E-state index contributed by atoms with van der Waals surface area (Å²) in [7, 11) is 0. The molecule has 4 aromatic rings. The molecule has 27 heavy (non-hydrogen) atoms. The summed E-state index contributed by atoms with van der Waals surface area (Å²) < 4.78 is 15.8. The van der Waals surface area contributed by atoms with Crippen LogP contribution in [0.15, 0.2) is 63.9 Å². The minimum Gasteiger partial charge on any atom is -0.267 e. The largest absolute Gasteiger partial charge is 0.276 e. The summed E-state index contributed by atoms with van der Waals surface area (Å²) in [4.78, 5) is 17.8. The van der Waals surface area contributed by atoms with Gasteiger partial charge >= 0.3 is 0 Å². The molecule has 2 heterocycles. The van der Waals surface area contributed by atoms with Crippen LogP contribution in [0.4, 0.5) is 4.39 Å². The van der Waals surface area contributed by atoms with E-state index in [4.69, 9.17) is 4.98 Å². The molecule has 0 aliphatic carbocycles. The second-order valence-corrected chi connectivity index (χ2v) is 8.22. The molecule has 2 aromatic heterocycles. The molecule has 0 atom stereocenters. The predicted molar refractivity (Wildman–Crippen MR) is 111 cm³/mol. The maximum absolute atomic E-state index is 13.5. The molecule has 0 aliphatic heterocycles. The molecule has 0 fully saturated rings. The first-order valence-corrected chi connectivity index (χ1v) is 10.3. The van der Waals surface area contributed by atoms with Crippen LogP contribution in [0.1, 0.15) is 16.7 Å². The molecule has 0 spiro atoms. The van der Waals surface area contributed by atoms with Gasteiger partial charge in [0.2, 0.25) is 0 Å². The molecule has 2 aromatic carbocycles. The summed E-state index contributed by atoms with van der Waals surface area (Å²) in [5, 5.41) is 2.49. The van der Waals surface area contributed by atoms with Gasteiger partial charge in [-0.25, -0.2) is 9.37 Å². The van der Waals surface area contributed by atoms with E-state index < -0.39 is 0 Å². The highest BCUT2D eigenvalue weighted by Gasteiger charge is 2.15. The lowest BCUT2D eigenvalue weighted by Crippen LogP contribution is -2.21. The predicted octanol–water partition coefficient (Wildman–Crippen LogP) is 5.50. The average Bonchev–Trinajstić information content (AvgIpc) is 3.12. The Morgan fingerprint density at radius 1 is 1.11 bits per heavy atom. The second kappa shape index (κ2) is 7.29. The lowest BCUT2D eigenvalue weighted by Gasteiger charge is -2.13. The number of rotatable bonds is 4. The molecule has 0 saturated carbocycles. The summed E-state index contributed by atoms with van der Waals surface area (Å²) in [5.41, 5.74) is 4.57. The van der Waals surface area contributed by atoms with Crippen LogP contribution >= 0.6 is 23.1 Å². The van der Waals surface area contributed by atoms with Crippen molar-refractivity contribution in [3.63, 3.8) is 0 Å². The number of nitrogens with zero attached hydrogens (tertiary/aromatic N) is 2. The summed E-state index contributed by atoms with van der Waals surface area (Å²) in [6, 6.07) is 14.3. The molecule has 0 unspecified atom stereocenters. The van der Waals surface area contributed by atoms with Crippen molar-refractivity contribution in [3.05, 3.63) is 86.8 Å². The zero-order valence-corrected chi connectivity index (χ0v) is 16.5. The Kier molecular flexibility index (Phi) is 4.85. The Labute approximate surface area is 164 Å². The highest BCUT2D eigenvalue weighted by Crippen LogP contribution is 2.27. The van der Waals surface area contributed by atoms with E-state index in [0.717, 1.165) is 16.8 Å². The van der Waals surface area contributed by atoms with Crippen LogP contribution in [-0.4, -0.2) is 9.55 Å². The molecular weight excluding hydrogens is 379 g/mol. The van der Waals surface area contributed by atoms with E-state index in [9.17, 15) is 9.18 Å². The zero-order valence-electron chi connectivity index (χ0n) is 14.9. The fraction of sp³-hybridized carbons (Fsp3) is 0.143. The lowest BCUT2D eigenvalue weighted by molar-refractivity contribution is 0.626. The number of benzene rings is 2. The molecule has 0 bridgehead atoms. The second-order valence-electron chi connectivity index (χ2n) is 6.36. The number of thioether (sulfide) groups is 1. The highest BCUT2D eigenvalue weighted by molar-refractivity contribution is 7.98. The first kappa shape index (κ1) is 17.9. The van der Waals surface area contributed by atoms with Crippen LogP contribution < -0.4 is 5.56 Å². The van der Waals surface area contributed by atoms with Gasteiger partial charge in [-0.05, 0) is 66.2 Å². The van der Waals surface area contributed by atoms with Gasteiger partial charge in [0, 0.05) is 5.75 Å². The topological polar surface area (TPSA) is 34.9 Å². The van der Waals surface area contributed by atoms with Crippen LogP contribution in [0.5, 0.6) is 0 Å². The monoisotopic (exact) mass is 396 g/mol. The Bertz CT molecular complexity index is 1200. The van der Waals surface area contributed by atoms with E-state index in [-0.39, 0.29) is 11.4 Å². The molecule has 0 amide bonds. The molecule has 0 N–H and O–H groups in total. The van der Waals surface area contributed by atoms with Crippen molar-refractivity contribution in [1.82, 2.24) is 9.55 Å². The van der Waals surface area contributed by atoms with Crippen LogP contribution in [0, 0.1) is 19.7 Å². The standard InChI is InChI=1S/C21H17FN2OS2/c1-13-6-7-17(10-14(13)2)24-20(25)19-18(8-9-26-19)23-21(24)27-12-15-4-3-5-16(22)11-15/h3-11H,12H2,1-2H3. The van der Waals surface area contributed by atoms with Crippen molar-refractivity contribution in [2.24, 2.45) is 0 Å². The minimum absolute atomic E-state index is 0.0694. The SMILES string of the molecule is Cc1ccc(-n2c(SCc3cccc(F)c3)nc3ccsc3c2=O)cc1C. The lowest BCUT2D eigenvalue weighted by atomic mass is 10.1. The molecule has 0 saturated heterocycles. The number of aryl methyl sites for hydroxylation is 2. The van der Waals surface area contributed by atoms with Gasteiger partial charge in [-0.3, -0.25) is 9.36 Å². The third kappa shape index (κ3) is 3.55. The average molecular weight is 397 g/mol. The maximum atomic E-state index is 13.5. The van der Waals surface area contributed by atoms with Gasteiger partial charge in [0.25, 0.3) is 5.56 Å². The van der Waals surface area contributed by atoms with Gasteiger partial charge < -0.3 is 0 Å². The number of aromatic nitrogens is 2. The third-order valence-electron chi connectivity index (χ3n) is 4.45. The molecule has 136 valence electrons. The van der Waals surface area contributed by atoms with Crippen molar-refractivity contribution in [3.8, 4) is 5.69 Å². The zero-order chi connectivity index (χ0) is 19.0. The number of thiophene rings is 1. The third-order valence-corrected chi connectivity index (χ3v) is 6.36. The van der Waals surface area contributed by atoms with Crippen LogP contribution in [0.25, 0.3) is 15.9 Å². The molecule has 3 nitrogen and oxygen atoms in total. The normalized spacial score (nSPS) is 11.2. The van der Waals surface area contributed by atoms with Gasteiger partial charge in [-0.15, -0.1) is 11.3 Å². The quantitative estimate of drug-likeness (QED) is 0.338. The number of hydrogen-bond acceptors (Lipinski definition) is 4. The number of halogens is 1. The Hall–Kier alpha value is -2.44. The van der Waals surface area contributed by atoms with E-state index >= 15 is 0 Å². The molecule has 4 rings (SSSR count). The van der Waals surface area contributed by atoms with E-state index in [1.165, 1.54) is 40.8 Å². The molecule has 0 radical (unpaired) electrons. The van der Waals surface area contributed by atoms with Crippen LogP contribution in [0.3, 0.4) is 0 Å². The van der Waals surface area contributed by atoms with Crippen molar-refractivity contribution < 1.29 is 4.39 Å². The van der Waals surface area contributed by atoms with E-state index in [1.807, 2.05) is 49.6 Å². The molecule has 6 heteroatoms. The van der Waals surface area contributed by atoms with Gasteiger partial charge in [0.1, 0.15) is 10.5 Å². The Balaban J connectivity index is 1.82. The maximum Gasteiger partial charge on any atom is 0.276 e. The number of hydrogen-bond donors (Lipinski definition) is 0. The number of fused-ring (bicyclic) bond motifs is 1. The minimum atomic E-state index is -0.263. The van der Waals surface area contributed by atoms with E-state index in [1.54, 1.807) is 10.6 Å². The van der Waals surface area contributed by atoms with E-state index in [0.29, 0.717) is 21.1 Å². The van der Waals surface area contributed by atoms with Crippen molar-refractivity contribution in [2.75, 3.05) is 0 Å². The van der Waals surface area contributed by atoms with Gasteiger partial charge in [-0.1, -0.05) is 30.0 Å². The summed E-state index contributed by atoms with van der Waals surface area (Å²) in [6.07, 6.45) is 0. The first-order chi connectivity index (χ1) is 13.0. The van der Waals surface area contributed by atoms with Crippen molar-refractivity contribution >= 4 is 33.3 Å². The molecular formula is C21H17FN2OS2. The smallest absolute Gasteiger partial charge is 0.267 e. The van der Waals surface area contributed by atoms with Crippen LogP contribution in [-0.2, 0) is 5.75 Å². The van der Waals surface area contributed by atoms with E-state index in [2.05, 4.69) is 0 Å². The van der Waals surface area contributed by atoms with Crippen LogP contribution in [0.2, 0.25) is 0 Å². The first-order valence-electron chi connectivity index (χ1n) is 8.48. The van der Waals surface area contributed by atoms with Gasteiger partial charge in [-0.2, -0.15) is 0 Å². The summed E-state index contributed by atoms with van der Waals surface area (Å²) in [5.74, 6) is 0.269. The molecule has 0 aliphatic rings. The van der Waals surface area contributed by atoms with Gasteiger partial charge in [0.05, 0.1) is 11.2 Å². The fourth-order valence-corrected chi connectivity index (χ4v) is 4.57.